The van der Waals surface area contributed by atoms with Gasteiger partial charge in [-0.05, 0) is 23.4 Å². The molecular formula is C15H23N3S. The van der Waals surface area contributed by atoms with Gasteiger partial charge in [-0.1, -0.05) is 20.8 Å². The van der Waals surface area contributed by atoms with Crippen molar-refractivity contribution in [2.75, 3.05) is 11.5 Å². The molecule has 0 aliphatic heterocycles. The number of nitrogens with zero attached hydrogens (tertiary/aromatic N) is 2. The first-order valence-corrected chi connectivity index (χ1v) is 8.11. The van der Waals surface area contributed by atoms with Crippen molar-refractivity contribution in [3.8, 4) is 0 Å². The zero-order valence-electron chi connectivity index (χ0n) is 12.0. The molecule has 2 aromatic rings. The highest BCUT2D eigenvalue weighted by atomic mass is 32.2. The Morgan fingerprint density at radius 3 is 3.00 bits per heavy atom. The summed E-state index contributed by atoms with van der Waals surface area (Å²) >= 11 is 1.97. The first-order chi connectivity index (χ1) is 9.22. The molecule has 0 unspecified atom stereocenters. The van der Waals surface area contributed by atoms with Gasteiger partial charge in [0.15, 0.2) is 0 Å². The Morgan fingerprint density at radius 2 is 2.26 bits per heavy atom. The van der Waals surface area contributed by atoms with Crippen LogP contribution in [0.2, 0.25) is 0 Å². The zero-order chi connectivity index (χ0) is 13.7. The summed E-state index contributed by atoms with van der Waals surface area (Å²) in [6, 6.07) is 4.70. The van der Waals surface area contributed by atoms with Gasteiger partial charge in [-0.2, -0.15) is 11.8 Å². The predicted octanol–water partition coefficient (Wildman–Crippen LogP) is 3.29. The molecule has 0 saturated carbocycles. The van der Waals surface area contributed by atoms with E-state index in [-0.39, 0.29) is 0 Å². The van der Waals surface area contributed by atoms with Crippen molar-refractivity contribution in [3.63, 3.8) is 0 Å². The lowest BCUT2D eigenvalue weighted by atomic mass is 10.2. The summed E-state index contributed by atoms with van der Waals surface area (Å²) in [5, 5.41) is 4.76. The second kappa shape index (κ2) is 6.96. The van der Waals surface area contributed by atoms with E-state index in [0.29, 0.717) is 6.04 Å². The predicted molar refractivity (Wildman–Crippen MR) is 84.7 cm³/mol. The number of aromatic nitrogens is 2. The molecule has 2 heterocycles. The molecule has 0 aromatic carbocycles. The maximum atomic E-state index is 4.53. The van der Waals surface area contributed by atoms with E-state index < -0.39 is 0 Å². The number of thioether (sulfide) groups is 1. The molecule has 0 aliphatic rings. The summed E-state index contributed by atoms with van der Waals surface area (Å²) in [5.74, 6) is 2.32. The van der Waals surface area contributed by atoms with Gasteiger partial charge in [0.2, 0.25) is 0 Å². The lowest BCUT2D eigenvalue weighted by Gasteiger charge is -2.06. The molecule has 19 heavy (non-hydrogen) atoms. The maximum Gasteiger partial charge on any atom is 0.140 e. The van der Waals surface area contributed by atoms with Crippen LogP contribution in [0.1, 0.15) is 26.3 Å². The Bertz CT molecular complexity index is 519. The van der Waals surface area contributed by atoms with Gasteiger partial charge in [0, 0.05) is 42.7 Å². The van der Waals surface area contributed by atoms with E-state index >= 15 is 0 Å². The average Bonchev–Trinajstić information content (AvgIpc) is 2.76. The molecule has 2 rings (SSSR count). The molecule has 0 atom stereocenters. The Labute approximate surface area is 119 Å². The SMILES string of the molecule is CCSCCn1cc(CNC(C)C)c2cccnc21. The number of hydrogen-bond acceptors (Lipinski definition) is 3. The minimum atomic E-state index is 0.505. The van der Waals surface area contributed by atoms with Crippen LogP contribution in [-0.2, 0) is 13.1 Å². The Balaban J connectivity index is 2.21. The van der Waals surface area contributed by atoms with Crippen LogP contribution in [0.15, 0.2) is 24.5 Å². The fourth-order valence-electron chi connectivity index (χ4n) is 2.13. The summed E-state index contributed by atoms with van der Waals surface area (Å²) in [4.78, 5) is 4.53. The molecule has 0 spiro atoms. The van der Waals surface area contributed by atoms with E-state index in [9.17, 15) is 0 Å². The lowest BCUT2D eigenvalue weighted by molar-refractivity contribution is 0.589. The van der Waals surface area contributed by atoms with Crippen LogP contribution in [-0.4, -0.2) is 27.1 Å². The second-order valence-corrected chi connectivity index (χ2v) is 6.35. The third-order valence-corrected chi connectivity index (χ3v) is 3.98. The smallest absolute Gasteiger partial charge is 0.140 e. The fraction of sp³-hybridized carbons (Fsp3) is 0.533. The van der Waals surface area contributed by atoms with E-state index in [0.717, 1.165) is 24.5 Å². The van der Waals surface area contributed by atoms with Crippen molar-refractivity contribution in [1.82, 2.24) is 14.9 Å². The zero-order valence-corrected chi connectivity index (χ0v) is 12.8. The number of aryl methyl sites for hydroxylation is 1. The molecule has 1 N–H and O–H groups in total. The second-order valence-electron chi connectivity index (χ2n) is 4.95. The summed E-state index contributed by atoms with van der Waals surface area (Å²) in [6.07, 6.45) is 4.13. The molecular weight excluding hydrogens is 254 g/mol. The van der Waals surface area contributed by atoms with Crippen LogP contribution in [0.25, 0.3) is 11.0 Å². The number of fused-ring (bicyclic) bond motifs is 1. The first-order valence-electron chi connectivity index (χ1n) is 6.96. The van der Waals surface area contributed by atoms with E-state index in [1.807, 2.05) is 24.0 Å². The maximum absolute atomic E-state index is 4.53. The lowest BCUT2D eigenvalue weighted by Crippen LogP contribution is -2.21. The summed E-state index contributed by atoms with van der Waals surface area (Å²) in [7, 11) is 0. The van der Waals surface area contributed by atoms with Crippen LogP contribution in [0.3, 0.4) is 0 Å². The van der Waals surface area contributed by atoms with Crippen LogP contribution in [0.4, 0.5) is 0 Å². The van der Waals surface area contributed by atoms with Crippen molar-refractivity contribution in [2.45, 2.75) is 39.9 Å². The van der Waals surface area contributed by atoms with Crippen LogP contribution in [0.5, 0.6) is 0 Å². The van der Waals surface area contributed by atoms with Gasteiger partial charge in [0.1, 0.15) is 5.65 Å². The Hall–Kier alpha value is -1.00. The molecule has 4 heteroatoms. The van der Waals surface area contributed by atoms with E-state index in [4.69, 9.17) is 0 Å². The van der Waals surface area contributed by atoms with Crippen LogP contribution < -0.4 is 5.32 Å². The molecule has 0 fully saturated rings. The van der Waals surface area contributed by atoms with Gasteiger partial charge in [-0.15, -0.1) is 0 Å². The molecule has 2 aromatic heterocycles. The fourth-order valence-corrected chi connectivity index (χ4v) is 2.74. The van der Waals surface area contributed by atoms with Gasteiger partial charge in [-0.25, -0.2) is 4.98 Å². The molecule has 0 bridgehead atoms. The molecule has 104 valence electrons. The summed E-state index contributed by atoms with van der Waals surface area (Å²) < 4.78 is 2.29. The highest BCUT2D eigenvalue weighted by Gasteiger charge is 2.09. The minimum absolute atomic E-state index is 0.505. The van der Waals surface area contributed by atoms with Crippen LogP contribution >= 0.6 is 11.8 Å². The largest absolute Gasteiger partial charge is 0.331 e. The first kappa shape index (κ1) is 14.4. The number of pyridine rings is 1. The molecule has 0 radical (unpaired) electrons. The number of hydrogen-bond donors (Lipinski definition) is 1. The third-order valence-electron chi connectivity index (χ3n) is 3.10. The van der Waals surface area contributed by atoms with Crippen molar-refractivity contribution in [2.24, 2.45) is 0 Å². The van der Waals surface area contributed by atoms with E-state index in [2.05, 4.69) is 47.9 Å². The highest BCUT2D eigenvalue weighted by Crippen LogP contribution is 2.20. The van der Waals surface area contributed by atoms with Crippen LogP contribution in [0, 0.1) is 0 Å². The molecule has 0 saturated heterocycles. The standard InChI is InChI=1S/C15H23N3S/c1-4-19-9-8-18-11-13(10-17-12(2)3)14-6-5-7-16-15(14)18/h5-7,11-12,17H,4,8-10H2,1-3H3. The van der Waals surface area contributed by atoms with Gasteiger partial charge in [0.25, 0.3) is 0 Å². The topological polar surface area (TPSA) is 29.9 Å². The Morgan fingerprint density at radius 1 is 1.42 bits per heavy atom. The van der Waals surface area contributed by atoms with Crippen molar-refractivity contribution < 1.29 is 0 Å². The van der Waals surface area contributed by atoms with E-state index in [1.165, 1.54) is 16.7 Å². The average molecular weight is 277 g/mol. The van der Waals surface area contributed by atoms with Gasteiger partial charge in [0.05, 0.1) is 0 Å². The monoisotopic (exact) mass is 277 g/mol. The molecule has 3 nitrogen and oxygen atoms in total. The summed E-state index contributed by atoms with van der Waals surface area (Å²) in [6.45, 7) is 8.50. The van der Waals surface area contributed by atoms with Crippen molar-refractivity contribution in [1.29, 1.82) is 0 Å². The Kier molecular flexibility index (Phi) is 5.28. The molecule has 0 aliphatic carbocycles. The van der Waals surface area contributed by atoms with Crippen molar-refractivity contribution in [3.05, 3.63) is 30.1 Å². The van der Waals surface area contributed by atoms with Crippen molar-refractivity contribution >= 4 is 22.8 Å². The molecule has 0 amide bonds. The van der Waals surface area contributed by atoms with Gasteiger partial charge < -0.3 is 9.88 Å². The van der Waals surface area contributed by atoms with Gasteiger partial charge in [-0.3, -0.25) is 0 Å². The third kappa shape index (κ3) is 3.74. The number of nitrogens with one attached hydrogen (secondary N) is 1. The quantitative estimate of drug-likeness (QED) is 0.788. The number of rotatable bonds is 7. The minimum Gasteiger partial charge on any atom is -0.331 e. The normalized spacial score (nSPS) is 11.6. The van der Waals surface area contributed by atoms with Gasteiger partial charge >= 0.3 is 0 Å². The highest BCUT2D eigenvalue weighted by molar-refractivity contribution is 7.99. The summed E-state index contributed by atoms with van der Waals surface area (Å²) in [5.41, 5.74) is 2.46. The van der Waals surface area contributed by atoms with E-state index in [1.54, 1.807) is 0 Å².